The number of halogens is 1. The molecule has 0 saturated carbocycles. The smallest absolute Gasteiger partial charge is 0.193 e. The zero-order valence-corrected chi connectivity index (χ0v) is 14.9. The minimum absolute atomic E-state index is 0.0504. The van der Waals surface area contributed by atoms with Gasteiger partial charge in [-0.05, 0) is 24.3 Å². The molecule has 1 aromatic heterocycles. The van der Waals surface area contributed by atoms with Gasteiger partial charge in [-0.25, -0.2) is 4.98 Å². The zero-order chi connectivity index (χ0) is 18.7. The zero-order valence-electron chi connectivity index (χ0n) is 14.2. The third kappa shape index (κ3) is 3.48. The third-order valence-corrected chi connectivity index (χ3v) is 4.18. The van der Waals surface area contributed by atoms with Gasteiger partial charge in [0.15, 0.2) is 5.78 Å². The van der Waals surface area contributed by atoms with Crippen molar-refractivity contribution in [3.63, 3.8) is 0 Å². The number of nitrogens with zero attached hydrogens (tertiary/aromatic N) is 1. The average molecular weight is 370 g/mol. The van der Waals surface area contributed by atoms with E-state index in [0.29, 0.717) is 16.5 Å². The minimum Gasteiger partial charge on any atom is -0.507 e. The van der Waals surface area contributed by atoms with Crippen molar-refractivity contribution in [3.05, 3.63) is 64.8 Å². The molecular formula is C20H16ClNO4. The maximum absolute atomic E-state index is 12.6. The Balaban J connectivity index is 1.97. The second kappa shape index (κ2) is 7.45. The fourth-order valence-corrected chi connectivity index (χ4v) is 2.79. The van der Waals surface area contributed by atoms with Crippen LogP contribution in [0.2, 0.25) is 5.15 Å². The van der Waals surface area contributed by atoms with Crippen molar-refractivity contribution >= 4 is 34.4 Å². The number of phenolic OH excluding ortho intramolecular Hbond substituents is 1. The Labute approximate surface area is 155 Å². The van der Waals surface area contributed by atoms with Crippen molar-refractivity contribution in [1.29, 1.82) is 0 Å². The van der Waals surface area contributed by atoms with Crippen molar-refractivity contribution in [2.24, 2.45) is 0 Å². The van der Waals surface area contributed by atoms with Crippen molar-refractivity contribution in [2.75, 3.05) is 14.2 Å². The van der Waals surface area contributed by atoms with Gasteiger partial charge in [0.05, 0.1) is 19.7 Å². The van der Waals surface area contributed by atoms with Crippen LogP contribution in [0.5, 0.6) is 17.2 Å². The van der Waals surface area contributed by atoms with Crippen molar-refractivity contribution in [1.82, 2.24) is 4.98 Å². The van der Waals surface area contributed by atoms with Crippen LogP contribution in [0.25, 0.3) is 17.0 Å². The number of carbonyl (C=O) groups excluding carboxylic acids is 1. The van der Waals surface area contributed by atoms with Crippen LogP contribution < -0.4 is 9.47 Å². The van der Waals surface area contributed by atoms with Gasteiger partial charge in [0.1, 0.15) is 28.0 Å². The van der Waals surface area contributed by atoms with Gasteiger partial charge >= 0.3 is 0 Å². The standard InChI is InChI=1S/C20H16ClNO4/c1-25-14-10-17(24)19(18(11-14)26-2)16(23)8-7-13-9-12-5-3-4-6-15(12)22-20(13)21/h3-11,24H,1-2H3/b8-7+. The lowest BCUT2D eigenvalue weighted by Crippen LogP contribution is -2.00. The van der Waals surface area contributed by atoms with Crippen LogP contribution in [0.1, 0.15) is 15.9 Å². The summed E-state index contributed by atoms with van der Waals surface area (Å²) in [4.78, 5) is 16.9. The molecule has 0 radical (unpaired) electrons. The predicted molar refractivity (Wildman–Crippen MR) is 101 cm³/mol. The second-order valence-electron chi connectivity index (χ2n) is 5.48. The van der Waals surface area contributed by atoms with Crippen molar-refractivity contribution in [2.45, 2.75) is 0 Å². The third-order valence-electron chi connectivity index (χ3n) is 3.88. The van der Waals surface area contributed by atoms with E-state index in [4.69, 9.17) is 21.1 Å². The van der Waals surface area contributed by atoms with Gasteiger partial charge in [0.2, 0.25) is 0 Å². The molecule has 3 rings (SSSR count). The molecule has 3 aromatic rings. The topological polar surface area (TPSA) is 68.7 Å². The lowest BCUT2D eigenvalue weighted by atomic mass is 10.1. The van der Waals surface area contributed by atoms with E-state index < -0.39 is 5.78 Å². The van der Waals surface area contributed by atoms with Crippen LogP contribution in [0.4, 0.5) is 0 Å². The summed E-state index contributed by atoms with van der Waals surface area (Å²) >= 11 is 6.20. The van der Waals surface area contributed by atoms with E-state index in [9.17, 15) is 9.90 Å². The predicted octanol–water partition coefficient (Wildman–Crippen LogP) is 4.51. The molecule has 2 aromatic carbocycles. The summed E-state index contributed by atoms with van der Waals surface area (Å²) in [7, 11) is 2.88. The fourth-order valence-electron chi connectivity index (χ4n) is 2.58. The van der Waals surface area contributed by atoms with Crippen LogP contribution in [-0.4, -0.2) is 30.1 Å². The summed E-state index contributed by atoms with van der Waals surface area (Å²) in [6, 6.07) is 12.3. The summed E-state index contributed by atoms with van der Waals surface area (Å²) in [5, 5.41) is 11.3. The van der Waals surface area contributed by atoms with E-state index in [1.54, 1.807) is 6.08 Å². The van der Waals surface area contributed by atoms with Gasteiger partial charge in [-0.15, -0.1) is 0 Å². The molecule has 0 spiro atoms. The lowest BCUT2D eigenvalue weighted by molar-refractivity contribution is 0.104. The Morgan fingerprint density at radius 2 is 1.92 bits per heavy atom. The number of hydrogen-bond donors (Lipinski definition) is 1. The Kier molecular flexibility index (Phi) is 5.09. The van der Waals surface area contributed by atoms with Gasteiger partial charge < -0.3 is 14.6 Å². The number of benzene rings is 2. The number of carbonyl (C=O) groups is 1. The number of fused-ring (bicyclic) bond motifs is 1. The van der Waals surface area contributed by atoms with Gasteiger partial charge in [-0.2, -0.15) is 0 Å². The summed E-state index contributed by atoms with van der Waals surface area (Å²) in [5.74, 6) is -0.0364. The van der Waals surface area contributed by atoms with E-state index in [2.05, 4.69) is 4.98 Å². The number of aromatic hydroxyl groups is 1. The van der Waals surface area contributed by atoms with E-state index in [0.717, 1.165) is 10.9 Å². The largest absolute Gasteiger partial charge is 0.507 e. The molecule has 0 atom stereocenters. The summed E-state index contributed by atoms with van der Waals surface area (Å²) < 4.78 is 10.3. The van der Waals surface area contributed by atoms with Crippen LogP contribution in [0.15, 0.2) is 48.5 Å². The van der Waals surface area contributed by atoms with E-state index >= 15 is 0 Å². The molecule has 1 heterocycles. The first-order valence-electron chi connectivity index (χ1n) is 7.76. The highest BCUT2D eigenvalue weighted by atomic mass is 35.5. The second-order valence-corrected chi connectivity index (χ2v) is 5.84. The number of ketones is 1. The monoisotopic (exact) mass is 369 g/mol. The van der Waals surface area contributed by atoms with Crippen molar-refractivity contribution in [3.8, 4) is 17.2 Å². The number of phenols is 1. The molecule has 0 amide bonds. The minimum atomic E-state index is -0.425. The average Bonchev–Trinajstić information content (AvgIpc) is 2.65. The van der Waals surface area contributed by atoms with Crippen LogP contribution >= 0.6 is 11.6 Å². The van der Waals surface area contributed by atoms with Crippen LogP contribution in [0, 0.1) is 0 Å². The first-order chi connectivity index (χ1) is 12.5. The molecule has 0 aliphatic carbocycles. The Hall–Kier alpha value is -3.05. The summed E-state index contributed by atoms with van der Waals surface area (Å²) in [5.41, 5.74) is 1.43. The SMILES string of the molecule is COc1cc(O)c(C(=O)/C=C/c2cc3ccccc3nc2Cl)c(OC)c1. The van der Waals surface area contributed by atoms with Crippen LogP contribution in [-0.2, 0) is 0 Å². The molecule has 0 unspecified atom stereocenters. The quantitative estimate of drug-likeness (QED) is 0.407. The molecule has 0 saturated heterocycles. The number of allylic oxidation sites excluding steroid dienone is 1. The van der Waals surface area contributed by atoms with Gasteiger partial charge in [-0.1, -0.05) is 29.8 Å². The number of pyridine rings is 1. The number of aromatic nitrogens is 1. The maximum atomic E-state index is 12.6. The highest BCUT2D eigenvalue weighted by Gasteiger charge is 2.17. The fraction of sp³-hybridized carbons (Fsp3) is 0.100. The molecule has 5 nitrogen and oxygen atoms in total. The Morgan fingerprint density at radius 1 is 1.15 bits per heavy atom. The summed E-state index contributed by atoms with van der Waals surface area (Å²) in [6.07, 6.45) is 2.88. The Morgan fingerprint density at radius 3 is 2.65 bits per heavy atom. The number of hydrogen-bond acceptors (Lipinski definition) is 5. The van der Waals surface area contributed by atoms with Crippen molar-refractivity contribution < 1.29 is 19.4 Å². The molecule has 0 aliphatic rings. The first kappa shape index (κ1) is 17.8. The molecule has 132 valence electrons. The molecule has 0 aliphatic heterocycles. The lowest BCUT2D eigenvalue weighted by Gasteiger charge is -2.10. The van der Waals surface area contributed by atoms with Gasteiger partial charge in [-0.3, -0.25) is 4.79 Å². The highest BCUT2D eigenvalue weighted by Crippen LogP contribution is 2.34. The van der Waals surface area contributed by atoms with Gasteiger partial charge in [0, 0.05) is 23.1 Å². The number of methoxy groups -OCH3 is 2. The van der Waals surface area contributed by atoms with E-state index in [1.807, 2.05) is 30.3 Å². The molecule has 0 bridgehead atoms. The first-order valence-corrected chi connectivity index (χ1v) is 8.14. The molecule has 26 heavy (non-hydrogen) atoms. The van der Waals surface area contributed by atoms with Gasteiger partial charge in [0.25, 0.3) is 0 Å². The van der Waals surface area contributed by atoms with Crippen LogP contribution in [0.3, 0.4) is 0 Å². The molecule has 0 fully saturated rings. The normalized spacial score (nSPS) is 11.0. The molecular weight excluding hydrogens is 354 g/mol. The van der Waals surface area contributed by atoms with E-state index in [-0.39, 0.29) is 17.1 Å². The number of para-hydroxylation sites is 1. The highest BCUT2D eigenvalue weighted by molar-refractivity contribution is 6.31. The molecule has 6 heteroatoms. The number of rotatable bonds is 5. The molecule has 1 N–H and O–H groups in total. The maximum Gasteiger partial charge on any atom is 0.193 e. The number of ether oxygens (including phenoxy) is 2. The Bertz CT molecular complexity index is 1010. The summed E-state index contributed by atoms with van der Waals surface area (Å²) in [6.45, 7) is 0. The van der Waals surface area contributed by atoms with E-state index in [1.165, 1.54) is 32.4 Å².